The number of thioether (sulfide) groups is 2. The van der Waals surface area contributed by atoms with Crippen molar-refractivity contribution in [3.63, 3.8) is 0 Å². The van der Waals surface area contributed by atoms with Crippen molar-refractivity contribution in [1.29, 1.82) is 0 Å². The Bertz CT molecular complexity index is 1210. The van der Waals surface area contributed by atoms with Crippen LogP contribution in [0.3, 0.4) is 0 Å². The van der Waals surface area contributed by atoms with E-state index in [-0.39, 0.29) is 0 Å². The predicted octanol–water partition coefficient (Wildman–Crippen LogP) is 5.12. The van der Waals surface area contributed by atoms with Crippen molar-refractivity contribution in [1.82, 2.24) is 25.4 Å². The van der Waals surface area contributed by atoms with E-state index in [2.05, 4.69) is 25.4 Å². The second-order valence-corrected chi connectivity index (χ2v) is 8.86. The molecule has 0 saturated heterocycles. The Hall–Kier alpha value is -2.89. The van der Waals surface area contributed by atoms with Gasteiger partial charge in [-0.1, -0.05) is 47.3 Å². The van der Waals surface area contributed by atoms with Gasteiger partial charge < -0.3 is 18.6 Å². The number of halogens is 1. The summed E-state index contributed by atoms with van der Waals surface area (Å²) in [6.45, 7) is 0. The monoisotopic (exact) mass is 505 g/mol. The summed E-state index contributed by atoms with van der Waals surface area (Å²) in [5, 5.41) is 17.1. The third kappa shape index (κ3) is 5.73. The summed E-state index contributed by atoms with van der Waals surface area (Å²) in [6.07, 6.45) is 0. The molecule has 4 rings (SSSR count). The molecule has 12 heteroatoms. The van der Waals surface area contributed by atoms with Crippen LogP contribution in [0.2, 0.25) is 5.02 Å². The molecule has 0 fully saturated rings. The average Bonchev–Trinajstić information content (AvgIpc) is 3.50. The van der Waals surface area contributed by atoms with Crippen molar-refractivity contribution in [2.24, 2.45) is 0 Å². The standard InChI is InChI=1S/C21H20ClN5O4S2/c1-28-15-8-13(9-16(29-2)18(15)30-3)19-23-20(26-25-19)32-11-17-24-27-21(31-17)33-10-12-5-4-6-14(22)7-12/h4-9H,10-11H2,1-3H3,(H,23,25,26). The average molecular weight is 506 g/mol. The molecular formula is C21H20ClN5O4S2. The van der Waals surface area contributed by atoms with Crippen LogP contribution in [0.15, 0.2) is 51.2 Å². The molecule has 172 valence electrons. The molecule has 9 nitrogen and oxygen atoms in total. The van der Waals surface area contributed by atoms with Gasteiger partial charge in [-0.2, -0.15) is 0 Å². The second-order valence-electron chi connectivity index (χ2n) is 6.55. The highest BCUT2D eigenvalue weighted by Gasteiger charge is 2.17. The zero-order valence-corrected chi connectivity index (χ0v) is 20.4. The van der Waals surface area contributed by atoms with E-state index in [1.165, 1.54) is 23.5 Å². The number of hydrogen-bond acceptors (Lipinski definition) is 10. The van der Waals surface area contributed by atoms with Crippen molar-refractivity contribution >= 4 is 35.1 Å². The molecule has 2 aromatic carbocycles. The number of benzene rings is 2. The first-order valence-electron chi connectivity index (χ1n) is 9.64. The van der Waals surface area contributed by atoms with Crippen LogP contribution in [-0.2, 0) is 11.5 Å². The number of ether oxygens (including phenoxy) is 3. The summed E-state index contributed by atoms with van der Waals surface area (Å²) in [4.78, 5) is 4.53. The first-order chi connectivity index (χ1) is 16.1. The third-order valence-electron chi connectivity index (χ3n) is 4.43. The molecule has 0 radical (unpaired) electrons. The lowest BCUT2D eigenvalue weighted by Gasteiger charge is -2.13. The maximum absolute atomic E-state index is 6.02. The lowest BCUT2D eigenvalue weighted by atomic mass is 10.1. The van der Waals surface area contributed by atoms with Crippen LogP contribution in [0, 0.1) is 0 Å². The lowest BCUT2D eigenvalue weighted by molar-refractivity contribution is 0.324. The van der Waals surface area contributed by atoms with Crippen molar-refractivity contribution in [2.45, 2.75) is 21.9 Å². The fourth-order valence-electron chi connectivity index (χ4n) is 2.91. The molecule has 0 aliphatic carbocycles. The van der Waals surface area contributed by atoms with Gasteiger partial charge in [0.1, 0.15) is 0 Å². The number of rotatable bonds is 10. The van der Waals surface area contributed by atoms with E-state index in [0.717, 1.165) is 11.1 Å². The molecule has 0 aliphatic heterocycles. The first kappa shape index (κ1) is 23.3. The van der Waals surface area contributed by atoms with E-state index in [1.807, 2.05) is 24.3 Å². The minimum atomic E-state index is 0.442. The molecule has 1 N–H and O–H groups in total. The number of hydrogen-bond donors (Lipinski definition) is 1. The number of nitrogens with zero attached hydrogens (tertiary/aromatic N) is 4. The van der Waals surface area contributed by atoms with Gasteiger partial charge in [-0.3, -0.25) is 5.10 Å². The van der Waals surface area contributed by atoms with Gasteiger partial charge in [0.05, 0.1) is 27.1 Å². The predicted molar refractivity (Wildman–Crippen MR) is 126 cm³/mol. The fraction of sp³-hybridized carbons (Fsp3) is 0.238. The zero-order valence-electron chi connectivity index (χ0n) is 18.0. The van der Waals surface area contributed by atoms with Crippen LogP contribution in [-0.4, -0.2) is 46.7 Å². The van der Waals surface area contributed by atoms with Gasteiger partial charge in [0.2, 0.25) is 16.8 Å². The van der Waals surface area contributed by atoms with Crippen LogP contribution < -0.4 is 14.2 Å². The summed E-state index contributed by atoms with van der Waals surface area (Å²) in [7, 11) is 4.69. The van der Waals surface area contributed by atoms with Crippen molar-refractivity contribution < 1.29 is 18.6 Å². The van der Waals surface area contributed by atoms with E-state index in [4.69, 9.17) is 30.2 Å². The molecule has 0 saturated carbocycles. The van der Waals surface area contributed by atoms with E-state index in [0.29, 0.717) is 55.9 Å². The molecular weight excluding hydrogens is 486 g/mol. The molecule has 4 aromatic rings. The SMILES string of the molecule is COc1cc(-c2nc(SCc3nnc(SCc4cccc(Cl)c4)o3)n[nH]2)cc(OC)c1OC. The highest BCUT2D eigenvalue weighted by molar-refractivity contribution is 7.98. The molecule has 0 bridgehead atoms. The van der Waals surface area contributed by atoms with E-state index in [9.17, 15) is 0 Å². The van der Waals surface area contributed by atoms with Gasteiger partial charge in [0, 0.05) is 16.3 Å². The van der Waals surface area contributed by atoms with Crippen LogP contribution >= 0.6 is 35.1 Å². The second kappa shape index (κ2) is 10.8. The van der Waals surface area contributed by atoms with Gasteiger partial charge in [0.15, 0.2) is 17.3 Å². The largest absolute Gasteiger partial charge is 0.493 e. The highest BCUT2D eigenvalue weighted by Crippen LogP contribution is 2.40. The minimum absolute atomic E-state index is 0.442. The van der Waals surface area contributed by atoms with Crippen LogP contribution in [0.4, 0.5) is 0 Å². The van der Waals surface area contributed by atoms with Gasteiger partial charge in [-0.25, -0.2) is 4.98 Å². The van der Waals surface area contributed by atoms with Crippen molar-refractivity contribution in [3.8, 4) is 28.6 Å². The van der Waals surface area contributed by atoms with Crippen LogP contribution in [0.1, 0.15) is 11.5 Å². The van der Waals surface area contributed by atoms with Gasteiger partial charge in [-0.15, -0.1) is 15.3 Å². The van der Waals surface area contributed by atoms with Crippen LogP contribution in [0.5, 0.6) is 17.2 Å². The third-order valence-corrected chi connectivity index (χ3v) is 6.38. The molecule has 0 amide bonds. The molecule has 0 aliphatic rings. The van der Waals surface area contributed by atoms with Gasteiger partial charge in [0.25, 0.3) is 5.22 Å². The number of H-pyrrole nitrogens is 1. The molecule has 2 heterocycles. The number of nitrogens with one attached hydrogen (secondary N) is 1. The van der Waals surface area contributed by atoms with Crippen molar-refractivity contribution in [2.75, 3.05) is 21.3 Å². The van der Waals surface area contributed by atoms with E-state index < -0.39 is 0 Å². The minimum Gasteiger partial charge on any atom is -0.493 e. The van der Waals surface area contributed by atoms with Gasteiger partial charge in [-0.05, 0) is 29.8 Å². The molecule has 0 atom stereocenters. The number of aromatic amines is 1. The molecule has 0 unspecified atom stereocenters. The first-order valence-corrected chi connectivity index (χ1v) is 12.0. The maximum Gasteiger partial charge on any atom is 0.276 e. The van der Waals surface area contributed by atoms with Gasteiger partial charge >= 0.3 is 0 Å². The maximum atomic E-state index is 6.02. The Morgan fingerprint density at radius 3 is 2.45 bits per heavy atom. The van der Waals surface area contributed by atoms with Crippen LogP contribution in [0.25, 0.3) is 11.4 Å². The van der Waals surface area contributed by atoms with E-state index in [1.54, 1.807) is 33.5 Å². The van der Waals surface area contributed by atoms with E-state index >= 15 is 0 Å². The summed E-state index contributed by atoms with van der Waals surface area (Å²) in [5.41, 5.74) is 1.84. The summed E-state index contributed by atoms with van der Waals surface area (Å²) < 4.78 is 21.9. The fourth-order valence-corrected chi connectivity index (χ4v) is 4.48. The summed E-state index contributed by atoms with van der Waals surface area (Å²) in [6, 6.07) is 11.3. The lowest BCUT2D eigenvalue weighted by Crippen LogP contribution is -1.96. The highest BCUT2D eigenvalue weighted by atomic mass is 35.5. The number of aromatic nitrogens is 5. The Labute approximate surface area is 203 Å². The Balaban J connectivity index is 1.38. The molecule has 0 spiro atoms. The zero-order chi connectivity index (χ0) is 23.2. The summed E-state index contributed by atoms with van der Waals surface area (Å²) in [5.74, 6) is 3.77. The number of methoxy groups -OCH3 is 3. The molecule has 2 aromatic heterocycles. The smallest absolute Gasteiger partial charge is 0.276 e. The Kier molecular flexibility index (Phi) is 7.63. The topological polar surface area (TPSA) is 108 Å². The van der Waals surface area contributed by atoms with Crippen molar-refractivity contribution in [3.05, 3.63) is 52.9 Å². The Morgan fingerprint density at radius 2 is 1.76 bits per heavy atom. The molecule has 33 heavy (non-hydrogen) atoms. The quantitative estimate of drug-likeness (QED) is 0.292. The Morgan fingerprint density at radius 1 is 0.970 bits per heavy atom. The normalized spacial score (nSPS) is 10.9. The summed E-state index contributed by atoms with van der Waals surface area (Å²) >= 11 is 8.86.